The summed E-state index contributed by atoms with van der Waals surface area (Å²) in [7, 11) is 0. The quantitative estimate of drug-likeness (QED) is 0.525. The zero-order valence-electron chi connectivity index (χ0n) is 12.2. The van der Waals surface area contributed by atoms with Crippen molar-refractivity contribution in [2.24, 2.45) is 0 Å². The van der Waals surface area contributed by atoms with Crippen molar-refractivity contribution in [3.63, 3.8) is 0 Å². The molecule has 0 aromatic heterocycles. The molecular weight excluding hydrogens is 319 g/mol. The fraction of sp³-hybridized carbons (Fsp3) is 0.929. The predicted octanol–water partition coefficient (Wildman–Crippen LogP) is 4.90. The summed E-state index contributed by atoms with van der Waals surface area (Å²) in [6, 6.07) is 0. The van der Waals surface area contributed by atoms with Gasteiger partial charge in [-0.25, -0.2) is 0 Å². The van der Waals surface area contributed by atoms with Crippen LogP contribution < -0.4 is 0 Å². The number of carbonyl (C=O) groups is 1. The zero-order chi connectivity index (χ0) is 13.1. The topological polar surface area (TPSA) is 26.3 Å². The Bertz CT molecular complexity index is 198. The monoisotopic (exact) mass is 350 g/mol. The van der Waals surface area contributed by atoms with E-state index in [0.29, 0.717) is 6.42 Å². The maximum absolute atomic E-state index is 11.8. The summed E-state index contributed by atoms with van der Waals surface area (Å²) in [5.41, 5.74) is 0. The average Bonchev–Trinajstić information content (AvgIpc) is 2.27. The van der Waals surface area contributed by atoms with Gasteiger partial charge in [-0.3, -0.25) is 0 Å². The van der Waals surface area contributed by atoms with Crippen LogP contribution in [0.3, 0.4) is 0 Å². The maximum atomic E-state index is 11.8. The number of rotatable bonds is 10. The van der Waals surface area contributed by atoms with Gasteiger partial charge in [-0.05, 0) is 0 Å². The first-order valence-electron chi connectivity index (χ1n) is 7.36. The van der Waals surface area contributed by atoms with E-state index in [1.165, 1.54) is 39.0 Å². The molecule has 0 heterocycles. The van der Waals surface area contributed by atoms with Crippen LogP contribution in [0.4, 0.5) is 0 Å². The molecule has 0 atom stereocenters. The molecule has 0 aliphatic heterocycles. The normalized spacial score (nSPS) is 11.5. The molecule has 0 unspecified atom stereocenters. The number of unbranched alkanes of at least 4 members (excludes halogenated alkanes) is 1. The first-order valence-corrected chi connectivity index (χ1v) is 14.6. The number of hydrogen-bond donors (Lipinski definition) is 0. The Morgan fingerprint density at radius 3 is 1.88 bits per heavy atom. The van der Waals surface area contributed by atoms with Gasteiger partial charge in [0.2, 0.25) is 0 Å². The molecule has 0 amide bonds. The van der Waals surface area contributed by atoms with Crippen LogP contribution in [0.1, 0.15) is 66.2 Å². The molecule has 0 spiro atoms. The van der Waals surface area contributed by atoms with Gasteiger partial charge in [0.05, 0.1) is 0 Å². The summed E-state index contributed by atoms with van der Waals surface area (Å²) >= 11 is -2.58. The molecule has 0 rings (SSSR count). The Balaban J connectivity index is 4.56. The Hall–Kier alpha value is 0.269. The molecule has 0 bridgehead atoms. The van der Waals surface area contributed by atoms with Gasteiger partial charge in [-0.2, -0.15) is 0 Å². The van der Waals surface area contributed by atoms with Gasteiger partial charge >= 0.3 is 112 Å². The molecule has 0 saturated heterocycles. The van der Waals surface area contributed by atoms with Gasteiger partial charge in [0.15, 0.2) is 0 Å². The standard InChI is InChI=1S/C4H8O2.C4H9.2C3H7.Sn/c1-2-3-4(5)6;1-3-4-2;2*1-3-2;/h2-3H2,1H3,(H,5,6);1,3-4H2,2H3;2*1,3H2,2H3;/q;;;;+1/p-1. The number of carbonyl (C=O) groups excluding carboxylic acids is 1. The predicted molar refractivity (Wildman–Crippen MR) is 76.7 cm³/mol. The van der Waals surface area contributed by atoms with E-state index in [4.69, 9.17) is 3.07 Å². The van der Waals surface area contributed by atoms with E-state index < -0.39 is 18.8 Å². The minimum absolute atomic E-state index is 0.0845. The molecule has 102 valence electrons. The van der Waals surface area contributed by atoms with Crippen LogP contribution in [0.2, 0.25) is 13.3 Å². The van der Waals surface area contributed by atoms with Crippen molar-refractivity contribution >= 4 is 24.8 Å². The zero-order valence-corrected chi connectivity index (χ0v) is 15.0. The first kappa shape index (κ1) is 17.3. The van der Waals surface area contributed by atoms with Crippen molar-refractivity contribution < 1.29 is 7.87 Å². The summed E-state index contributed by atoms with van der Waals surface area (Å²) in [5.74, 6) is 0.0845. The fourth-order valence-corrected chi connectivity index (χ4v) is 15.2. The van der Waals surface area contributed by atoms with Crippen molar-refractivity contribution in [1.82, 2.24) is 0 Å². The van der Waals surface area contributed by atoms with E-state index in [0.717, 1.165) is 6.42 Å². The molecule has 2 nitrogen and oxygen atoms in total. The van der Waals surface area contributed by atoms with Gasteiger partial charge in [-0.1, -0.05) is 0 Å². The van der Waals surface area contributed by atoms with E-state index in [-0.39, 0.29) is 5.97 Å². The van der Waals surface area contributed by atoms with Crippen molar-refractivity contribution in [3.05, 3.63) is 0 Å². The summed E-state index contributed by atoms with van der Waals surface area (Å²) in [5, 5.41) is 0. The molecule has 0 radical (unpaired) electrons. The third-order valence-electron chi connectivity index (χ3n) is 3.18. The molecule has 0 N–H and O–H groups in total. The van der Waals surface area contributed by atoms with Crippen molar-refractivity contribution in [3.8, 4) is 0 Å². The molecule has 0 fully saturated rings. The van der Waals surface area contributed by atoms with Gasteiger partial charge in [0.25, 0.3) is 0 Å². The Labute approximate surface area is 112 Å². The van der Waals surface area contributed by atoms with E-state index in [9.17, 15) is 4.79 Å². The van der Waals surface area contributed by atoms with Gasteiger partial charge < -0.3 is 0 Å². The molecular formula is C14H30O2Sn. The van der Waals surface area contributed by atoms with Crippen molar-refractivity contribution in [2.75, 3.05) is 0 Å². The van der Waals surface area contributed by atoms with Crippen LogP contribution in [0.15, 0.2) is 0 Å². The molecule has 17 heavy (non-hydrogen) atoms. The van der Waals surface area contributed by atoms with E-state index in [1.807, 2.05) is 6.92 Å². The average molecular weight is 349 g/mol. The molecule has 3 heteroatoms. The number of hydrogen-bond acceptors (Lipinski definition) is 2. The van der Waals surface area contributed by atoms with Crippen LogP contribution in [0.5, 0.6) is 0 Å². The van der Waals surface area contributed by atoms with Crippen LogP contribution in [-0.4, -0.2) is 24.8 Å². The molecule has 0 aromatic rings. The Kier molecular flexibility index (Phi) is 10.4. The second-order valence-corrected chi connectivity index (χ2v) is 16.6. The van der Waals surface area contributed by atoms with E-state index in [1.54, 1.807) is 0 Å². The van der Waals surface area contributed by atoms with Crippen molar-refractivity contribution in [2.45, 2.75) is 79.5 Å². The van der Waals surface area contributed by atoms with Gasteiger partial charge in [0, 0.05) is 0 Å². The molecule has 0 saturated carbocycles. The van der Waals surface area contributed by atoms with Crippen molar-refractivity contribution in [1.29, 1.82) is 0 Å². The van der Waals surface area contributed by atoms with Crippen LogP contribution in [0.25, 0.3) is 0 Å². The molecule has 0 aliphatic rings. The third kappa shape index (κ3) is 7.32. The Morgan fingerprint density at radius 1 is 0.882 bits per heavy atom. The van der Waals surface area contributed by atoms with Crippen LogP contribution in [-0.2, 0) is 7.87 Å². The first-order chi connectivity index (χ1) is 8.14. The molecule has 0 aromatic carbocycles. The minimum atomic E-state index is -2.58. The van der Waals surface area contributed by atoms with Gasteiger partial charge in [-0.15, -0.1) is 0 Å². The second-order valence-electron chi connectivity index (χ2n) is 5.01. The Morgan fingerprint density at radius 2 is 1.47 bits per heavy atom. The fourth-order valence-electron chi connectivity index (χ4n) is 2.43. The second kappa shape index (κ2) is 10.2. The summed E-state index contributed by atoms with van der Waals surface area (Å²) in [6.45, 7) is 8.72. The summed E-state index contributed by atoms with van der Waals surface area (Å²) < 4.78 is 9.71. The van der Waals surface area contributed by atoms with Crippen LogP contribution in [0, 0.1) is 0 Å². The third-order valence-corrected chi connectivity index (χ3v) is 16.7. The van der Waals surface area contributed by atoms with E-state index in [2.05, 4.69) is 20.8 Å². The van der Waals surface area contributed by atoms with E-state index >= 15 is 0 Å². The van der Waals surface area contributed by atoms with Crippen LogP contribution >= 0.6 is 0 Å². The molecule has 0 aliphatic carbocycles. The summed E-state index contributed by atoms with van der Waals surface area (Å²) in [6.07, 6.45) is 6.34. The summed E-state index contributed by atoms with van der Waals surface area (Å²) in [4.78, 5) is 11.8. The SMILES string of the molecule is CCC[CH2][Sn]([CH2]CC)([CH2]CC)[O]C(=O)CCC. The van der Waals surface area contributed by atoms with Gasteiger partial charge in [0.1, 0.15) is 0 Å².